The first-order valence-electron chi connectivity index (χ1n) is 20.8. The van der Waals surface area contributed by atoms with Crippen LogP contribution in [0.2, 0.25) is 0 Å². The Bertz CT molecular complexity index is 3870. The van der Waals surface area contributed by atoms with Crippen molar-refractivity contribution in [1.82, 2.24) is 39.0 Å². The first-order valence-corrected chi connectivity index (χ1v) is 21.6. The summed E-state index contributed by atoms with van der Waals surface area (Å²) in [5.41, 5.74) is 11.7. The van der Waals surface area contributed by atoms with Crippen molar-refractivity contribution in [1.29, 1.82) is 0 Å². The Morgan fingerprint density at radius 3 is 1.75 bits per heavy atom. The molecule has 0 atom stereocenters. The first-order chi connectivity index (χ1) is 31.2. The summed E-state index contributed by atoms with van der Waals surface area (Å²) in [5.74, 6) is 1.78. The molecule has 0 radical (unpaired) electrons. The van der Waals surface area contributed by atoms with E-state index in [0.717, 1.165) is 83.1 Å². The largest absolute Gasteiger partial charge is 0.309 e. The van der Waals surface area contributed by atoms with Crippen LogP contribution >= 0.6 is 11.3 Å². The smallest absolute Gasteiger partial charge is 0.238 e. The van der Waals surface area contributed by atoms with Crippen LogP contribution in [0.15, 0.2) is 195 Å². The zero-order chi connectivity index (χ0) is 41.4. The van der Waals surface area contributed by atoms with Crippen molar-refractivity contribution in [3.8, 4) is 56.9 Å². The Kier molecular flexibility index (Phi) is 7.91. The number of para-hydroxylation sites is 2. The van der Waals surface area contributed by atoms with Crippen LogP contribution in [0.5, 0.6) is 0 Å². The molecule has 0 amide bonds. The molecule has 6 heterocycles. The molecule has 8 nitrogen and oxygen atoms in total. The lowest BCUT2D eigenvalue weighted by molar-refractivity contribution is 0.953. The summed E-state index contributed by atoms with van der Waals surface area (Å²) in [4.78, 5) is 29.9. The van der Waals surface area contributed by atoms with E-state index in [1.807, 2.05) is 85.3 Å². The molecule has 0 unspecified atom stereocenters. The molecule has 6 aromatic heterocycles. The van der Waals surface area contributed by atoms with E-state index >= 15 is 0 Å². The molecule has 0 fully saturated rings. The van der Waals surface area contributed by atoms with E-state index in [2.05, 4.69) is 118 Å². The van der Waals surface area contributed by atoms with Gasteiger partial charge in [-0.05, 0) is 60.7 Å². The van der Waals surface area contributed by atoms with Crippen LogP contribution in [-0.4, -0.2) is 39.0 Å². The van der Waals surface area contributed by atoms with E-state index in [9.17, 15) is 0 Å². The summed E-state index contributed by atoms with van der Waals surface area (Å²) in [7, 11) is 0. The van der Waals surface area contributed by atoms with Crippen LogP contribution in [0.3, 0.4) is 0 Å². The number of nitrogens with zero attached hydrogens (tertiary/aromatic N) is 8. The molecule has 0 aliphatic heterocycles. The summed E-state index contributed by atoms with van der Waals surface area (Å²) in [6.07, 6.45) is 5.57. The fourth-order valence-electron chi connectivity index (χ4n) is 9.02. The standard InChI is InChI=1S/C54H32N8S/c1-3-12-33(13-4-1)52-58-53(34-14-5-2-6-15-34)60-54(59-52)62-46-19-10-8-17-39(46)41-28-35(22-25-47(41)62)43-31-55-32-44(57-43)36-21-24-40-38-16-7-9-18-45(38)61(48(40)29-36)37-23-26-49-42(30-37)51-50(63-49)20-11-27-56-51/h1-32H. The van der Waals surface area contributed by atoms with Gasteiger partial charge in [-0.15, -0.1) is 11.3 Å². The van der Waals surface area contributed by atoms with E-state index in [0.29, 0.717) is 17.6 Å². The molecule has 0 saturated heterocycles. The fraction of sp³-hybridized carbons (Fsp3) is 0. The summed E-state index contributed by atoms with van der Waals surface area (Å²) in [6.45, 7) is 0. The van der Waals surface area contributed by atoms with Crippen molar-refractivity contribution in [3.05, 3.63) is 195 Å². The normalized spacial score (nSPS) is 11.8. The third-order valence-corrected chi connectivity index (χ3v) is 13.1. The number of aromatic nitrogens is 8. The molecule has 63 heavy (non-hydrogen) atoms. The lowest BCUT2D eigenvalue weighted by Crippen LogP contribution is -2.06. The van der Waals surface area contributed by atoms with Crippen molar-refractivity contribution in [2.75, 3.05) is 0 Å². The molecule has 0 N–H and O–H groups in total. The maximum atomic E-state index is 5.27. The maximum absolute atomic E-state index is 5.27. The Labute approximate surface area is 364 Å². The van der Waals surface area contributed by atoms with Gasteiger partial charge < -0.3 is 4.57 Å². The van der Waals surface area contributed by atoms with E-state index in [1.54, 1.807) is 11.3 Å². The highest BCUT2D eigenvalue weighted by molar-refractivity contribution is 7.25. The van der Waals surface area contributed by atoms with Crippen LogP contribution < -0.4 is 0 Å². The van der Waals surface area contributed by atoms with E-state index in [-0.39, 0.29) is 0 Å². The van der Waals surface area contributed by atoms with Crippen LogP contribution in [0.1, 0.15) is 0 Å². The minimum atomic E-state index is 0.552. The second-order valence-corrected chi connectivity index (χ2v) is 16.7. The Morgan fingerprint density at radius 1 is 0.381 bits per heavy atom. The minimum absolute atomic E-state index is 0.552. The summed E-state index contributed by atoms with van der Waals surface area (Å²) >= 11 is 1.78. The number of benzene rings is 7. The van der Waals surface area contributed by atoms with Crippen molar-refractivity contribution in [3.63, 3.8) is 0 Å². The summed E-state index contributed by atoms with van der Waals surface area (Å²) in [5, 5.41) is 5.69. The molecule has 7 aromatic carbocycles. The molecule has 13 aromatic rings. The van der Waals surface area contributed by atoms with Gasteiger partial charge in [-0.2, -0.15) is 9.97 Å². The van der Waals surface area contributed by atoms with Gasteiger partial charge in [-0.25, -0.2) is 9.97 Å². The van der Waals surface area contributed by atoms with Gasteiger partial charge in [0.1, 0.15) is 0 Å². The van der Waals surface area contributed by atoms with Gasteiger partial charge in [0.2, 0.25) is 5.95 Å². The lowest BCUT2D eigenvalue weighted by atomic mass is 10.1. The van der Waals surface area contributed by atoms with Gasteiger partial charge in [0.05, 0.1) is 56.1 Å². The predicted molar refractivity (Wildman–Crippen MR) is 257 cm³/mol. The lowest BCUT2D eigenvalue weighted by Gasteiger charge is -2.11. The van der Waals surface area contributed by atoms with Gasteiger partial charge in [-0.1, -0.05) is 115 Å². The zero-order valence-corrected chi connectivity index (χ0v) is 34.3. The van der Waals surface area contributed by atoms with Crippen molar-refractivity contribution in [2.24, 2.45) is 0 Å². The topological polar surface area (TPSA) is 87.2 Å². The Balaban J connectivity index is 0.937. The quantitative estimate of drug-likeness (QED) is 0.166. The van der Waals surface area contributed by atoms with Crippen molar-refractivity contribution >= 4 is 75.3 Å². The molecule has 0 aliphatic carbocycles. The van der Waals surface area contributed by atoms with Crippen LogP contribution in [0, 0.1) is 0 Å². The average molecular weight is 825 g/mol. The van der Waals surface area contributed by atoms with Crippen LogP contribution in [-0.2, 0) is 0 Å². The number of hydrogen-bond donors (Lipinski definition) is 0. The molecule has 0 aliphatic rings. The highest BCUT2D eigenvalue weighted by atomic mass is 32.1. The van der Waals surface area contributed by atoms with Gasteiger partial charge in [0.15, 0.2) is 11.6 Å². The molecule has 0 spiro atoms. The fourth-order valence-corrected chi connectivity index (χ4v) is 10.1. The van der Waals surface area contributed by atoms with Gasteiger partial charge in [0.25, 0.3) is 0 Å². The number of hydrogen-bond acceptors (Lipinski definition) is 7. The minimum Gasteiger partial charge on any atom is -0.309 e. The molecule has 294 valence electrons. The molecular weight excluding hydrogens is 793 g/mol. The zero-order valence-electron chi connectivity index (χ0n) is 33.5. The third kappa shape index (κ3) is 5.75. The highest BCUT2D eigenvalue weighted by Gasteiger charge is 2.20. The predicted octanol–water partition coefficient (Wildman–Crippen LogP) is 13.3. The number of pyridine rings is 1. The third-order valence-electron chi connectivity index (χ3n) is 11.9. The molecule has 13 rings (SSSR count). The van der Waals surface area contributed by atoms with Gasteiger partial charge in [-0.3, -0.25) is 14.5 Å². The van der Waals surface area contributed by atoms with Crippen molar-refractivity contribution < 1.29 is 0 Å². The number of fused-ring (bicyclic) bond motifs is 9. The van der Waals surface area contributed by atoms with Crippen molar-refractivity contribution in [2.45, 2.75) is 0 Å². The average Bonchev–Trinajstić information content (AvgIpc) is 4.01. The highest BCUT2D eigenvalue weighted by Crippen LogP contribution is 2.39. The van der Waals surface area contributed by atoms with Gasteiger partial charge in [0, 0.05) is 65.8 Å². The first kappa shape index (κ1) is 35.4. The van der Waals surface area contributed by atoms with E-state index in [4.69, 9.17) is 29.9 Å². The summed E-state index contributed by atoms with van der Waals surface area (Å²) < 4.78 is 6.92. The Morgan fingerprint density at radius 2 is 1.00 bits per heavy atom. The monoisotopic (exact) mass is 824 g/mol. The molecule has 0 saturated carbocycles. The maximum Gasteiger partial charge on any atom is 0.238 e. The second kappa shape index (κ2) is 14.1. The molecular formula is C54H32N8S. The molecule has 0 bridgehead atoms. The van der Waals surface area contributed by atoms with Crippen LogP contribution in [0.25, 0.3) is 121 Å². The van der Waals surface area contributed by atoms with Gasteiger partial charge >= 0.3 is 0 Å². The Hall–Kier alpha value is -8.40. The number of thiophene rings is 1. The second-order valence-electron chi connectivity index (χ2n) is 15.6. The molecule has 9 heteroatoms. The van der Waals surface area contributed by atoms with E-state index < -0.39 is 0 Å². The van der Waals surface area contributed by atoms with E-state index in [1.165, 1.54) is 20.2 Å². The number of rotatable bonds is 6. The summed E-state index contributed by atoms with van der Waals surface area (Å²) in [6, 6.07) is 61.1. The SMILES string of the molecule is c1ccc(-c2nc(-c3ccccc3)nc(-n3c4ccccc4c4cc(-c5cncc(-c6ccc7c8ccccc8n(-c8ccc9sc%10cccnc%10c9c8)c7c6)n5)ccc43)n2)cc1. The van der Waals surface area contributed by atoms with Crippen LogP contribution in [0.4, 0.5) is 0 Å².